The molecule has 3 rings (SSSR count). The van der Waals surface area contributed by atoms with Crippen LogP contribution >= 0.6 is 0 Å². The number of hydrogen-bond donors (Lipinski definition) is 0. The molecule has 0 spiro atoms. The van der Waals surface area contributed by atoms with Crippen molar-refractivity contribution < 1.29 is 23.2 Å². The molecule has 0 bridgehead atoms. The van der Waals surface area contributed by atoms with E-state index in [-0.39, 0.29) is 25.1 Å². The van der Waals surface area contributed by atoms with Gasteiger partial charge in [0.2, 0.25) is 6.41 Å². The molecule has 1 heterocycles. The molecule has 0 atom stereocenters. The highest BCUT2D eigenvalue weighted by molar-refractivity contribution is 5.92. The van der Waals surface area contributed by atoms with Gasteiger partial charge in [-0.2, -0.15) is 0 Å². The lowest BCUT2D eigenvalue weighted by atomic mass is 9.99. The van der Waals surface area contributed by atoms with Gasteiger partial charge < -0.3 is 9.69 Å². The molecular weight excluding hydrogens is 516 g/mol. The number of hydrogen-bond acceptors (Lipinski definition) is 5. The summed E-state index contributed by atoms with van der Waals surface area (Å²) in [7, 11) is 1.25. The van der Waals surface area contributed by atoms with Gasteiger partial charge in [0.05, 0.1) is 0 Å². The van der Waals surface area contributed by atoms with Crippen LogP contribution in [0.2, 0.25) is 0 Å². The first kappa shape index (κ1) is 29.9. The Morgan fingerprint density at radius 1 is 0.950 bits per heavy atom. The Morgan fingerprint density at radius 2 is 1.57 bits per heavy atom. The summed E-state index contributed by atoms with van der Waals surface area (Å²) < 4.78 is 30.4. The molecule has 0 radical (unpaired) electrons. The first-order valence-corrected chi connectivity index (χ1v) is 12.6. The average Bonchev–Trinajstić information content (AvgIpc) is 2.89. The van der Waals surface area contributed by atoms with Gasteiger partial charge in [0.1, 0.15) is 23.6 Å². The zero-order valence-corrected chi connectivity index (χ0v) is 23.1. The van der Waals surface area contributed by atoms with Crippen LogP contribution in [0.1, 0.15) is 42.9 Å². The maximum absolute atomic E-state index is 15.2. The van der Waals surface area contributed by atoms with Gasteiger partial charge in [-0.15, -0.1) is 0 Å². The van der Waals surface area contributed by atoms with E-state index in [9.17, 15) is 14.4 Å². The summed E-state index contributed by atoms with van der Waals surface area (Å²) in [5.74, 6) is 4.45. The lowest BCUT2D eigenvalue weighted by Crippen LogP contribution is -2.55. The summed E-state index contributed by atoms with van der Waals surface area (Å²) in [5.41, 5.74) is -0.140. The summed E-state index contributed by atoms with van der Waals surface area (Å²) >= 11 is 0. The van der Waals surface area contributed by atoms with Gasteiger partial charge in [-0.05, 0) is 52.0 Å². The molecule has 10 heteroatoms. The summed E-state index contributed by atoms with van der Waals surface area (Å²) in [6.45, 7) is 6.74. The Kier molecular flexibility index (Phi) is 9.67. The van der Waals surface area contributed by atoms with Crippen LogP contribution in [0.4, 0.5) is 25.1 Å². The number of rotatable bonds is 9. The number of benzene rings is 2. The van der Waals surface area contributed by atoms with E-state index in [4.69, 9.17) is 0 Å². The number of aromatic nitrogens is 2. The maximum atomic E-state index is 15.2. The highest BCUT2D eigenvalue weighted by Crippen LogP contribution is 2.28. The van der Waals surface area contributed by atoms with E-state index >= 15 is 8.78 Å². The first-order chi connectivity index (χ1) is 19.0. The van der Waals surface area contributed by atoms with Crippen LogP contribution in [0, 0.1) is 37.3 Å². The molecule has 0 fully saturated rings. The Balaban J connectivity index is 1.89. The van der Waals surface area contributed by atoms with Gasteiger partial charge in [0, 0.05) is 55.0 Å². The topological polar surface area (TPSA) is 86.7 Å². The molecule has 40 heavy (non-hydrogen) atoms. The number of aldehydes is 1. The Hall–Kier alpha value is -4.65. The minimum absolute atomic E-state index is 0.0141. The number of halogens is 2. The van der Waals surface area contributed by atoms with Crippen molar-refractivity contribution in [3.63, 3.8) is 0 Å². The molecule has 0 aliphatic carbocycles. The lowest BCUT2D eigenvalue weighted by Gasteiger charge is -2.40. The van der Waals surface area contributed by atoms with Crippen LogP contribution in [0.3, 0.4) is 0 Å². The molecular formula is C30H31F2N5O3. The van der Waals surface area contributed by atoms with E-state index in [0.29, 0.717) is 35.6 Å². The normalized spacial score (nSPS) is 10.8. The van der Waals surface area contributed by atoms with Crippen LogP contribution < -0.4 is 9.80 Å². The van der Waals surface area contributed by atoms with Crippen LogP contribution in [0.15, 0.2) is 48.5 Å². The largest absolute Gasteiger partial charge is 0.324 e. The van der Waals surface area contributed by atoms with Gasteiger partial charge in [-0.1, -0.05) is 30.0 Å². The molecule has 0 saturated carbocycles. The molecule has 1 aromatic heterocycles. The lowest BCUT2D eigenvalue weighted by molar-refractivity contribution is -0.110. The van der Waals surface area contributed by atoms with Crippen molar-refractivity contribution >= 4 is 30.2 Å². The molecule has 0 aliphatic rings. The minimum Gasteiger partial charge on any atom is -0.317 e. The van der Waals surface area contributed by atoms with Crippen molar-refractivity contribution in [1.82, 2.24) is 14.9 Å². The highest BCUT2D eigenvalue weighted by atomic mass is 19.1. The van der Waals surface area contributed by atoms with E-state index in [1.807, 2.05) is 6.07 Å². The third kappa shape index (κ3) is 7.26. The van der Waals surface area contributed by atoms with Crippen molar-refractivity contribution in [2.24, 2.45) is 0 Å². The summed E-state index contributed by atoms with van der Waals surface area (Å²) in [6, 6.07) is 12.0. The third-order valence-corrected chi connectivity index (χ3v) is 6.25. The number of carbonyl (C=O) groups excluding carboxylic acids is 3. The van der Waals surface area contributed by atoms with Gasteiger partial charge in [-0.25, -0.2) is 23.5 Å². The van der Waals surface area contributed by atoms with Crippen molar-refractivity contribution in [2.45, 2.75) is 39.7 Å². The number of nitrogens with zero attached hydrogens (tertiary/aromatic N) is 5. The fourth-order valence-electron chi connectivity index (χ4n) is 4.15. The van der Waals surface area contributed by atoms with Crippen LogP contribution in [-0.4, -0.2) is 59.3 Å². The minimum atomic E-state index is -1.03. The zero-order chi connectivity index (χ0) is 29.4. The molecule has 0 aliphatic heterocycles. The predicted molar refractivity (Wildman–Crippen MR) is 149 cm³/mol. The number of amides is 3. The number of urea groups is 1. The van der Waals surface area contributed by atoms with E-state index in [2.05, 4.69) is 21.8 Å². The summed E-state index contributed by atoms with van der Waals surface area (Å²) in [5, 5.41) is 0. The van der Waals surface area contributed by atoms with Crippen LogP contribution in [0.5, 0.6) is 0 Å². The van der Waals surface area contributed by atoms with E-state index < -0.39 is 28.9 Å². The zero-order valence-electron chi connectivity index (χ0n) is 23.1. The van der Waals surface area contributed by atoms with E-state index in [1.54, 1.807) is 58.0 Å². The van der Waals surface area contributed by atoms with E-state index in [0.717, 1.165) is 17.0 Å². The smallest absolute Gasteiger partial charge is 0.317 e. The fraction of sp³-hybridized carbons (Fsp3) is 0.300. The van der Waals surface area contributed by atoms with Crippen molar-refractivity contribution in [3.8, 4) is 11.8 Å². The van der Waals surface area contributed by atoms with Crippen LogP contribution in [0.25, 0.3) is 0 Å². The van der Waals surface area contributed by atoms with Crippen LogP contribution in [-0.2, 0) is 9.59 Å². The molecule has 3 amide bonds. The molecule has 3 aromatic rings. The fourth-order valence-corrected chi connectivity index (χ4v) is 4.15. The molecule has 208 valence electrons. The highest BCUT2D eigenvalue weighted by Gasteiger charge is 2.34. The predicted octanol–water partition coefficient (Wildman–Crippen LogP) is 4.66. The second-order valence-corrected chi connectivity index (χ2v) is 9.79. The Bertz CT molecular complexity index is 1410. The molecule has 2 aromatic carbocycles. The Labute approximate surface area is 232 Å². The molecule has 0 N–H and O–H groups in total. The second-order valence-electron chi connectivity index (χ2n) is 9.79. The van der Waals surface area contributed by atoms with Crippen molar-refractivity contribution in [2.75, 3.05) is 29.9 Å². The van der Waals surface area contributed by atoms with Gasteiger partial charge in [0.15, 0.2) is 11.6 Å². The number of anilines is 2. The monoisotopic (exact) mass is 547 g/mol. The molecule has 8 nitrogen and oxygen atoms in total. The number of carbonyl (C=O) groups is 3. The Morgan fingerprint density at radius 3 is 2.15 bits per heavy atom. The maximum Gasteiger partial charge on any atom is 0.324 e. The van der Waals surface area contributed by atoms with Gasteiger partial charge >= 0.3 is 6.03 Å². The summed E-state index contributed by atoms with van der Waals surface area (Å²) in [6.07, 6.45) is 1.20. The third-order valence-electron chi connectivity index (χ3n) is 6.25. The van der Waals surface area contributed by atoms with Crippen molar-refractivity contribution in [1.29, 1.82) is 0 Å². The second kappa shape index (κ2) is 12.9. The SMILES string of the molecule is Cc1cc(N(C=O)CCN(C(=O)N(C)c2c(F)cc(C#Cc3ccccc3)cc2F)C(C)(C)CC=O)nc(C)n1. The quantitative estimate of drug-likeness (QED) is 0.287. The summed E-state index contributed by atoms with van der Waals surface area (Å²) in [4.78, 5) is 48.9. The first-order valence-electron chi connectivity index (χ1n) is 12.6. The average molecular weight is 548 g/mol. The van der Waals surface area contributed by atoms with Gasteiger partial charge in [-0.3, -0.25) is 14.6 Å². The van der Waals surface area contributed by atoms with E-state index in [1.165, 1.54) is 16.8 Å². The standard InChI is InChI=1S/C30H31F2N5O3/c1-21-17-27(34-22(2)33-21)36(20-39)14-15-37(30(3,4)13-16-38)29(40)35(5)28-25(31)18-24(19-26(28)32)12-11-23-9-7-6-8-10-23/h6-10,16-20H,13-15H2,1-5H3. The molecule has 0 saturated heterocycles. The molecule has 0 unspecified atom stereocenters. The number of aryl methyl sites for hydroxylation is 2. The van der Waals surface area contributed by atoms with Crippen molar-refractivity contribution in [3.05, 3.63) is 82.8 Å². The van der Waals surface area contributed by atoms with Gasteiger partial charge in [0.25, 0.3) is 0 Å².